The molecule has 1 saturated carbocycles. The zero-order valence-electron chi connectivity index (χ0n) is 12.4. The van der Waals surface area contributed by atoms with Crippen molar-refractivity contribution in [3.8, 4) is 5.75 Å². The maximum atomic E-state index is 12.2. The smallest absolute Gasteiger partial charge is 0.224 e. The summed E-state index contributed by atoms with van der Waals surface area (Å²) in [7, 11) is 0. The van der Waals surface area contributed by atoms with Crippen molar-refractivity contribution < 1.29 is 9.90 Å². The molecule has 2 fully saturated rings. The molecule has 1 aromatic rings. The summed E-state index contributed by atoms with van der Waals surface area (Å²) in [4.78, 5) is 14.5. The Bertz CT molecular complexity index is 482. The monoisotopic (exact) mass is 288 g/mol. The topological polar surface area (TPSA) is 52.6 Å². The molecule has 2 N–H and O–H groups in total. The van der Waals surface area contributed by atoms with Crippen LogP contribution in [0.15, 0.2) is 24.3 Å². The Morgan fingerprint density at radius 1 is 1.24 bits per heavy atom. The van der Waals surface area contributed by atoms with Crippen LogP contribution in [0.5, 0.6) is 5.75 Å². The van der Waals surface area contributed by atoms with Crippen LogP contribution in [-0.2, 0) is 11.3 Å². The maximum absolute atomic E-state index is 12.2. The highest BCUT2D eigenvalue weighted by Gasteiger charge is 2.27. The quantitative estimate of drug-likeness (QED) is 0.872. The number of nitrogens with one attached hydrogen (secondary N) is 1. The van der Waals surface area contributed by atoms with Crippen LogP contribution in [-0.4, -0.2) is 35.5 Å². The number of amides is 1. The molecular weight excluding hydrogens is 264 g/mol. The van der Waals surface area contributed by atoms with Crippen LogP contribution in [0, 0.1) is 11.8 Å². The van der Waals surface area contributed by atoms with Gasteiger partial charge in [0, 0.05) is 19.6 Å². The van der Waals surface area contributed by atoms with Gasteiger partial charge in [0.05, 0.1) is 5.92 Å². The molecule has 1 atom stereocenters. The van der Waals surface area contributed by atoms with Gasteiger partial charge >= 0.3 is 0 Å². The van der Waals surface area contributed by atoms with Crippen molar-refractivity contribution in [3.63, 3.8) is 0 Å². The molecule has 1 aliphatic carbocycles. The number of nitrogens with zero attached hydrogens (tertiary/aromatic N) is 1. The zero-order chi connectivity index (χ0) is 14.7. The van der Waals surface area contributed by atoms with Gasteiger partial charge in [0.15, 0.2) is 0 Å². The molecule has 114 valence electrons. The van der Waals surface area contributed by atoms with Crippen LogP contribution >= 0.6 is 0 Å². The standard InChI is InChI=1S/C17H24N2O2/c20-16-7-5-14(6-8-16)11-19-9-1-2-15(12-19)17(21)18-10-13-3-4-13/h5-8,13,15,20H,1-4,9-12H2,(H,18,21)/t15-/m1/s1. The van der Waals surface area contributed by atoms with E-state index in [2.05, 4.69) is 10.2 Å². The van der Waals surface area contributed by atoms with Gasteiger partial charge in [-0.2, -0.15) is 0 Å². The molecular formula is C17H24N2O2. The fraction of sp³-hybridized carbons (Fsp3) is 0.588. The Morgan fingerprint density at radius 3 is 2.71 bits per heavy atom. The summed E-state index contributed by atoms with van der Waals surface area (Å²) < 4.78 is 0. The molecule has 0 unspecified atom stereocenters. The average molecular weight is 288 g/mol. The van der Waals surface area contributed by atoms with Gasteiger partial charge < -0.3 is 10.4 Å². The third kappa shape index (κ3) is 4.21. The predicted octanol–water partition coefficient (Wildman–Crippen LogP) is 2.13. The fourth-order valence-corrected chi connectivity index (χ4v) is 2.98. The van der Waals surface area contributed by atoms with Crippen molar-refractivity contribution in [1.82, 2.24) is 10.2 Å². The van der Waals surface area contributed by atoms with Crippen molar-refractivity contribution >= 4 is 5.91 Å². The SMILES string of the molecule is O=C(NCC1CC1)[C@@H]1CCCN(Cc2ccc(O)cc2)C1. The second kappa shape index (κ2) is 6.48. The molecule has 1 aliphatic heterocycles. The highest BCUT2D eigenvalue weighted by Crippen LogP contribution is 2.28. The van der Waals surface area contributed by atoms with Gasteiger partial charge in [-0.25, -0.2) is 0 Å². The van der Waals surface area contributed by atoms with Gasteiger partial charge in [-0.1, -0.05) is 12.1 Å². The van der Waals surface area contributed by atoms with Crippen LogP contribution in [0.4, 0.5) is 0 Å². The Balaban J connectivity index is 1.49. The summed E-state index contributed by atoms with van der Waals surface area (Å²) in [5.74, 6) is 1.41. The number of likely N-dealkylation sites (tertiary alicyclic amines) is 1. The number of phenols is 1. The highest BCUT2D eigenvalue weighted by molar-refractivity contribution is 5.79. The molecule has 1 amide bonds. The Hall–Kier alpha value is -1.55. The lowest BCUT2D eigenvalue weighted by molar-refractivity contribution is -0.126. The first-order valence-corrected chi connectivity index (χ1v) is 7.98. The maximum Gasteiger partial charge on any atom is 0.224 e. The van der Waals surface area contributed by atoms with Crippen molar-refractivity contribution in [3.05, 3.63) is 29.8 Å². The molecule has 4 nitrogen and oxygen atoms in total. The lowest BCUT2D eigenvalue weighted by Gasteiger charge is -2.32. The molecule has 3 rings (SSSR count). The van der Waals surface area contributed by atoms with E-state index in [0.717, 1.165) is 44.9 Å². The molecule has 1 saturated heterocycles. The van der Waals surface area contributed by atoms with E-state index < -0.39 is 0 Å². The fourth-order valence-electron chi connectivity index (χ4n) is 2.98. The van der Waals surface area contributed by atoms with E-state index in [-0.39, 0.29) is 11.8 Å². The van der Waals surface area contributed by atoms with Gasteiger partial charge in [-0.15, -0.1) is 0 Å². The summed E-state index contributed by atoms with van der Waals surface area (Å²) in [5, 5.41) is 12.4. The van der Waals surface area contributed by atoms with Crippen molar-refractivity contribution in [2.45, 2.75) is 32.2 Å². The van der Waals surface area contributed by atoms with E-state index >= 15 is 0 Å². The highest BCUT2D eigenvalue weighted by atomic mass is 16.3. The van der Waals surface area contributed by atoms with Crippen LogP contribution in [0.25, 0.3) is 0 Å². The summed E-state index contributed by atoms with van der Waals surface area (Å²) in [6.07, 6.45) is 4.64. The van der Waals surface area contributed by atoms with E-state index in [0.29, 0.717) is 5.75 Å². The number of phenolic OH excluding ortho intramolecular Hbond substituents is 1. The summed E-state index contributed by atoms with van der Waals surface area (Å²) >= 11 is 0. The number of piperidine rings is 1. The summed E-state index contributed by atoms with van der Waals surface area (Å²) in [6, 6.07) is 7.34. The lowest BCUT2D eigenvalue weighted by Crippen LogP contribution is -2.43. The first kappa shape index (κ1) is 14.4. The van der Waals surface area contributed by atoms with E-state index in [4.69, 9.17) is 0 Å². The van der Waals surface area contributed by atoms with E-state index in [1.54, 1.807) is 12.1 Å². The largest absolute Gasteiger partial charge is 0.508 e. The molecule has 2 aliphatic rings. The number of benzene rings is 1. The molecule has 0 aromatic heterocycles. The van der Waals surface area contributed by atoms with Gasteiger partial charge in [-0.3, -0.25) is 9.69 Å². The van der Waals surface area contributed by atoms with E-state index in [9.17, 15) is 9.90 Å². The van der Waals surface area contributed by atoms with Crippen molar-refractivity contribution in [2.75, 3.05) is 19.6 Å². The van der Waals surface area contributed by atoms with Crippen LogP contribution in [0.1, 0.15) is 31.2 Å². The Labute approximate surface area is 126 Å². The minimum atomic E-state index is 0.134. The molecule has 0 spiro atoms. The minimum absolute atomic E-state index is 0.134. The number of hydrogen-bond acceptors (Lipinski definition) is 3. The Kier molecular flexibility index (Phi) is 4.44. The normalized spacial score (nSPS) is 23.0. The molecule has 4 heteroatoms. The minimum Gasteiger partial charge on any atom is -0.508 e. The Morgan fingerprint density at radius 2 is 2.00 bits per heavy atom. The van der Waals surface area contributed by atoms with Gasteiger partial charge in [-0.05, 0) is 55.8 Å². The number of carbonyl (C=O) groups excluding carboxylic acids is 1. The number of hydrogen-bond donors (Lipinski definition) is 2. The third-order valence-corrected chi connectivity index (χ3v) is 4.48. The molecule has 1 aromatic carbocycles. The second-order valence-electron chi connectivity index (χ2n) is 6.43. The predicted molar refractivity (Wildman–Crippen MR) is 81.8 cm³/mol. The molecule has 0 radical (unpaired) electrons. The van der Waals surface area contributed by atoms with Gasteiger partial charge in [0.1, 0.15) is 5.75 Å². The number of rotatable bonds is 5. The van der Waals surface area contributed by atoms with Crippen molar-refractivity contribution in [1.29, 1.82) is 0 Å². The van der Waals surface area contributed by atoms with Crippen LogP contribution < -0.4 is 5.32 Å². The average Bonchev–Trinajstić information content (AvgIpc) is 3.32. The molecule has 21 heavy (non-hydrogen) atoms. The van der Waals surface area contributed by atoms with Gasteiger partial charge in [0.2, 0.25) is 5.91 Å². The lowest BCUT2D eigenvalue weighted by atomic mass is 9.96. The van der Waals surface area contributed by atoms with Crippen molar-refractivity contribution in [2.24, 2.45) is 11.8 Å². The second-order valence-corrected chi connectivity index (χ2v) is 6.43. The summed E-state index contributed by atoms with van der Waals surface area (Å²) in [5.41, 5.74) is 1.19. The molecule has 1 heterocycles. The first-order chi connectivity index (χ1) is 10.2. The van der Waals surface area contributed by atoms with Gasteiger partial charge in [0.25, 0.3) is 0 Å². The van der Waals surface area contributed by atoms with Crippen LogP contribution in [0.2, 0.25) is 0 Å². The molecule has 0 bridgehead atoms. The van der Waals surface area contributed by atoms with E-state index in [1.807, 2.05) is 12.1 Å². The van der Waals surface area contributed by atoms with Crippen LogP contribution in [0.3, 0.4) is 0 Å². The number of aromatic hydroxyl groups is 1. The zero-order valence-corrected chi connectivity index (χ0v) is 12.4. The number of carbonyl (C=O) groups is 1. The van der Waals surface area contributed by atoms with E-state index in [1.165, 1.54) is 18.4 Å². The summed E-state index contributed by atoms with van der Waals surface area (Å²) in [6.45, 7) is 3.62. The third-order valence-electron chi connectivity index (χ3n) is 4.48. The first-order valence-electron chi connectivity index (χ1n) is 7.98.